The molecule has 0 fully saturated rings. The summed E-state index contributed by atoms with van der Waals surface area (Å²) < 4.78 is 32.5. The van der Waals surface area contributed by atoms with Crippen molar-refractivity contribution in [3.8, 4) is 0 Å². The van der Waals surface area contributed by atoms with Crippen LogP contribution in [0.1, 0.15) is 21.7 Å². The van der Waals surface area contributed by atoms with Crippen molar-refractivity contribution in [2.75, 3.05) is 4.72 Å². The van der Waals surface area contributed by atoms with Crippen LogP contribution in [0.2, 0.25) is 0 Å². The van der Waals surface area contributed by atoms with Gasteiger partial charge in [0, 0.05) is 11.3 Å². The molecule has 2 N–H and O–H groups in total. The molecule has 7 heteroatoms. The Morgan fingerprint density at radius 2 is 1.69 bits per heavy atom. The van der Waals surface area contributed by atoms with E-state index in [0.29, 0.717) is 17.0 Å². The summed E-state index contributed by atoms with van der Waals surface area (Å²) in [6.07, 6.45) is 1.53. The molecule has 1 amide bonds. The highest BCUT2D eigenvalue weighted by Crippen LogP contribution is 2.17. The fourth-order valence-electron chi connectivity index (χ4n) is 2.30. The Balaban J connectivity index is 1.67. The third-order valence-electron chi connectivity index (χ3n) is 3.73. The van der Waals surface area contributed by atoms with Gasteiger partial charge in [-0.3, -0.25) is 9.52 Å². The molecule has 0 saturated carbocycles. The van der Waals surface area contributed by atoms with Gasteiger partial charge in [0.1, 0.15) is 5.76 Å². The van der Waals surface area contributed by atoms with Gasteiger partial charge in [-0.05, 0) is 55.5 Å². The third-order valence-corrected chi connectivity index (χ3v) is 5.13. The van der Waals surface area contributed by atoms with E-state index in [9.17, 15) is 13.2 Å². The van der Waals surface area contributed by atoms with E-state index in [1.165, 1.54) is 30.5 Å². The summed E-state index contributed by atoms with van der Waals surface area (Å²) >= 11 is 0. The molecule has 0 saturated heterocycles. The van der Waals surface area contributed by atoms with Gasteiger partial charge < -0.3 is 9.73 Å². The van der Waals surface area contributed by atoms with E-state index in [-0.39, 0.29) is 17.3 Å². The standard InChI is InChI=1S/C19H18N2O4S/c1-14-4-8-16(9-5-14)21-26(23,24)18-10-6-15(7-11-18)19(22)20-13-17-3-2-12-25-17/h2-12,21H,13H2,1H3,(H,20,22). The van der Waals surface area contributed by atoms with E-state index in [2.05, 4.69) is 10.0 Å². The SMILES string of the molecule is Cc1ccc(NS(=O)(=O)c2ccc(C(=O)NCc3ccco3)cc2)cc1. The second kappa shape index (κ2) is 7.45. The van der Waals surface area contributed by atoms with E-state index < -0.39 is 10.0 Å². The Morgan fingerprint density at radius 3 is 2.31 bits per heavy atom. The lowest BCUT2D eigenvalue weighted by Gasteiger charge is -2.09. The van der Waals surface area contributed by atoms with Crippen molar-refractivity contribution in [1.29, 1.82) is 0 Å². The number of nitrogens with one attached hydrogen (secondary N) is 2. The molecule has 6 nitrogen and oxygen atoms in total. The fourth-order valence-corrected chi connectivity index (χ4v) is 3.36. The van der Waals surface area contributed by atoms with Crippen LogP contribution in [0.15, 0.2) is 76.2 Å². The molecule has 3 aromatic rings. The summed E-state index contributed by atoms with van der Waals surface area (Å²) in [6.45, 7) is 2.19. The largest absolute Gasteiger partial charge is 0.467 e. The van der Waals surface area contributed by atoms with Gasteiger partial charge >= 0.3 is 0 Å². The van der Waals surface area contributed by atoms with Crippen LogP contribution in [0.4, 0.5) is 5.69 Å². The number of hydrogen-bond donors (Lipinski definition) is 2. The van der Waals surface area contributed by atoms with Crippen molar-refractivity contribution in [3.63, 3.8) is 0 Å². The normalized spacial score (nSPS) is 11.1. The number of hydrogen-bond acceptors (Lipinski definition) is 4. The van der Waals surface area contributed by atoms with Gasteiger partial charge in [-0.2, -0.15) is 0 Å². The van der Waals surface area contributed by atoms with Crippen LogP contribution < -0.4 is 10.0 Å². The molecule has 0 spiro atoms. The first-order valence-corrected chi connectivity index (χ1v) is 9.42. The Labute approximate surface area is 151 Å². The van der Waals surface area contributed by atoms with Crippen molar-refractivity contribution in [2.24, 2.45) is 0 Å². The summed E-state index contributed by atoms with van der Waals surface area (Å²) in [5.74, 6) is 0.330. The molecular formula is C19H18N2O4S. The average molecular weight is 370 g/mol. The van der Waals surface area contributed by atoms with E-state index in [1.807, 2.05) is 19.1 Å². The molecule has 1 heterocycles. The van der Waals surface area contributed by atoms with Gasteiger partial charge in [0.25, 0.3) is 15.9 Å². The van der Waals surface area contributed by atoms with Crippen LogP contribution in [0.3, 0.4) is 0 Å². The van der Waals surface area contributed by atoms with Crippen LogP contribution in [-0.4, -0.2) is 14.3 Å². The molecule has 2 aromatic carbocycles. The molecule has 134 valence electrons. The maximum absolute atomic E-state index is 12.4. The molecule has 0 aliphatic carbocycles. The number of aryl methyl sites for hydroxylation is 1. The molecule has 0 radical (unpaired) electrons. The first kappa shape index (κ1) is 17.8. The topological polar surface area (TPSA) is 88.4 Å². The highest BCUT2D eigenvalue weighted by Gasteiger charge is 2.15. The van der Waals surface area contributed by atoms with Gasteiger partial charge in [0.15, 0.2) is 0 Å². The van der Waals surface area contributed by atoms with E-state index in [4.69, 9.17) is 4.42 Å². The zero-order valence-corrected chi connectivity index (χ0v) is 14.9. The molecule has 26 heavy (non-hydrogen) atoms. The maximum Gasteiger partial charge on any atom is 0.261 e. The van der Waals surface area contributed by atoms with Gasteiger partial charge in [0.05, 0.1) is 17.7 Å². The first-order valence-electron chi connectivity index (χ1n) is 7.94. The molecular weight excluding hydrogens is 352 g/mol. The summed E-state index contributed by atoms with van der Waals surface area (Å²) in [5, 5.41) is 2.71. The van der Waals surface area contributed by atoms with Gasteiger partial charge in [-0.1, -0.05) is 17.7 Å². The second-order valence-electron chi connectivity index (χ2n) is 5.76. The maximum atomic E-state index is 12.4. The smallest absolute Gasteiger partial charge is 0.261 e. The number of carbonyl (C=O) groups is 1. The van der Waals surface area contributed by atoms with Crippen molar-refractivity contribution in [3.05, 3.63) is 83.8 Å². The number of rotatable bonds is 6. The van der Waals surface area contributed by atoms with E-state index >= 15 is 0 Å². The molecule has 3 rings (SSSR count). The van der Waals surface area contributed by atoms with Crippen molar-refractivity contribution >= 4 is 21.6 Å². The monoisotopic (exact) mass is 370 g/mol. The highest BCUT2D eigenvalue weighted by molar-refractivity contribution is 7.92. The Kier molecular flexibility index (Phi) is 5.09. The summed E-state index contributed by atoms with van der Waals surface area (Å²) in [6, 6.07) is 16.3. The number of anilines is 1. The lowest BCUT2D eigenvalue weighted by Crippen LogP contribution is -2.22. The molecule has 0 bridgehead atoms. The number of carbonyl (C=O) groups excluding carboxylic acids is 1. The molecule has 0 atom stereocenters. The second-order valence-corrected chi connectivity index (χ2v) is 7.44. The van der Waals surface area contributed by atoms with E-state index in [1.54, 1.807) is 24.3 Å². The zero-order chi connectivity index (χ0) is 18.6. The summed E-state index contributed by atoms with van der Waals surface area (Å²) in [7, 11) is -3.71. The number of sulfonamides is 1. The lowest BCUT2D eigenvalue weighted by atomic mass is 10.2. The quantitative estimate of drug-likeness (QED) is 0.697. The van der Waals surface area contributed by atoms with Crippen LogP contribution in [0, 0.1) is 6.92 Å². The zero-order valence-electron chi connectivity index (χ0n) is 14.1. The van der Waals surface area contributed by atoms with Crippen molar-refractivity contribution in [2.45, 2.75) is 18.4 Å². The average Bonchev–Trinajstić information content (AvgIpc) is 3.15. The fraction of sp³-hybridized carbons (Fsp3) is 0.105. The van der Waals surface area contributed by atoms with Crippen LogP contribution in [-0.2, 0) is 16.6 Å². The third kappa shape index (κ3) is 4.31. The molecule has 0 aliphatic heterocycles. The number of benzene rings is 2. The summed E-state index contributed by atoms with van der Waals surface area (Å²) in [4.78, 5) is 12.2. The van der Waals surface area contributed by atoms with Gasteiger partial charge in [0.2, 0.25) is 0 Å². The van der Waals surface area contributed by atoms with E-state index in [0.717, 1.165) is 5.56 Å². The van der Waals surface area contributed by atoms with Gasteiger partial charge in [-0.25, -0.2) is 8.42 Å². The minimum absolute atomic E-state index is 0.0839. The Bertz CT molecular complexity index is 977. The van der Waals surface area contributed by atoms with Crippen LogP contribution >= 0.6 is 0 Å². The summed E-state index contributed by atoms with van der Waals surface area (Å²) in [5.41, 5.74) is 1.89. The van der Waals surface area contributed by atoms with Gasteiger partial charge in [-0.15, -0.1) is 0 Å². The predicted molar refractivity (Wildman–Crippen MR) is 98.3 cm³/mol. The van der Waals surface area contributed by atoms with Crippen molar-refractivity contribution in [1.82, 2.24) is 5.32 Å². The Hall–Kier alpha value is -3.06. The number of amides is 1. The molecule has 1 aromatic heterocycles. The van der Waals surface area contributed by atoms with Crippen LogP contribution in [0.25, 0.3) is 0 Å². The molecule has 0 aliphatic rings. The predicted octanol–water partition coefficient (Wildman–Crippen LogP) is 3.32. The number of furan rings is 1. The highest BCUT2D eigenvalue weighted by atomic mass is 32.2. The Morgan fingerprint density at radius 1 is 1.00 bits per heavy atom. The molecule has 0 unspecified atom stereocenters. The van der Waals surface area contributed by atoms with Crippen LogP contribution in [0.5, 0.6) is 0 Å². The minimum Gasteiger partial charge on any atom is -0.467 e. The minimum atomic E-state index is -3.71. The van der Waals surface area contributed by atoms with Crippen molar-refractivity contribution < 1.29 is 17.6 Å². The first-order chi connectivity index (χ1) is 12.4. The lowest BCUT2D eigenvalue weighted by molar-refractivity contribution is 0.0948.